The van der Waals surface area contributed by atoms with E-state index < -0.39 is 151 Å². The molecule has 0 aliphatic carbocycles. The van der Waals surface area contributed by atoms with Gasteiger partial charge in [0.2, 0.25) is 0 Å². The molecule has 5 aromatic rings. The van der Waals surface area contributed by atoms with Gasteiger partial charge in [0.1, 0.15) is 0 Å². The molecule has 30 heteroatoms. The highest BCUT2D eigenvalue weighted by Crippen LogP contribution is 2.28. The van der Waals surface area contributed by atoms with E-state index in [4.69, 9.17) is 53.5 Å². The van der Waals surface area contributed by atoms with Crippen LogP contribution in [0.5, 0.6) is 0 Å². The summed E-state index contributed by atoms with van der Waals surface area (Å²) in [5.41, 5.74) is 0. The number of hydrogen-bond acceptors (Lipinski definition) is 13. The molecule has 0 spiro atoms. The maximum Gasteiger partial charge on any atom is 0.508 e. The van der Waals surface area contributed by atoms with E-state index >= 15 is 0 Å². The Kier molecular flexibility index (Phi) is 34.1. The normalized spacial score (nSPS) is 13.7. The minimum absolute atomic E-state index is 0.994. The maximum atomic E-state index is 7.26. The lowest BCUT2D eigenvalue weighted by Crippen LogP contribution is -2.72. The van der Waals surface area contributed by atoms with Crippen molar-refractivity contribution in [2.75, 3.05) is 0 Å². The lowest BCUT2D eigenvalue weighted by Gasteiger charge is -2.45. The Balaban J connectivity index is 0.000000343. The molecule has 0 radical (unpaired) electrons. The lowest BCUT2D eigenvalue weighted by atomic mass is 10.4. The fourth-order valence-corrected chi connectivity index (χ4v) is 75.7. The van der Waals surface area contributed by atoms with E-state index in [-0.39, 0.29) is 0 Å². The summed E-state index contributed by atoms with van der Waals surface area (Å²) in [6, 6.07) is 51.7. The van der Waals surface area contributed by atoms with Crippen LogP contribution in [-0.4, -0.2) is 151 Å². The zero-order valence-corrected chi connectivity index (χ0v) is 74.3. The summed E-state index contributed by atoms with van der Waals surface area (Å²) in [7, 11) is -33.2. The van der Waals surface area contributed by atoms with Crippen LogP contribution in [0, 0.1) is 0 Å². The third-order valence-electron chi connectivity index (χ3n) is 11.4. The van der Waals surface area contributed by atoms with E-state index in [2.05, 4.69) is 236 Å². The van der Waals surface area contributed by atoms with E-state index in [9.17, 15) is 0 Å². The van der Waals surface area contributed by atoms with Gasteiger partial charge in [0, 0.05) is 20.7 Å². The molecule has 0 amide bonds. The quantitative estimate of drug-likeness (QED) is 0.0388. The van der Waals surface area contributed by atoms with Gasteiger partial charge in [-0.3, -0.25) is 0 Å². The molecule has 0 fully saturated rings. The summed E-state index contributed by atoms with van der Waals surface area (Å²) >= 11 is 0. The lowest BCUT2D eigenvalue weighted by molar-refractivity contribution is 0.207. The topological polar surface area (TPSA) is 120 Å². The molecule has 0 aromatic heterocycles. The molecule has 0 N–H and O–H groups in total. The van der Waals surface area contributed by atoms with Crippen molar-refractivity contribution in [3.05, 3.63) is 152 Å². The summed E-state index contributed by atoms with van der Waals surface area (Å²) in [6.07, 6.45) is 0. The van der Waals surface area contributed by atoms with Gasteiger partial charge >= 0.3 is 51.9 Å². The molecular weight excluding hydrogens is 1330 g/mol. The van der Waals surface area contributed by atoms with Crippen LogP contribution in [0.3, 0.4) is 0 Å². The van der Waals surface area contributed by atoms with E-state index in [1.807, 2.05) is 72.8 Å². The number of rotatable bonds is 32. The first-order valence-electron chi connectivity index (χ1n) is 30.4. The highest BCUT2D eigenvalue weighted by atomic mass is 29.3. The Morgan fingerprint density at radius 2 is 0.405 bits per heavy atom. The summed E-state index contributed by atoms with van der Waals surface area (Å²) in [5, 5.41) is 5.38. The molecule has 0 bridgehead atoms. The summed E-state index contributed by atoms with van der Waals surface area (Å²) in [4.78, 5) is 0. The van der Waals surface area contributed by atoms with Crippen molar-refractivity contribution in [2.45, 2.75) is 157 Å². The van der Waals surface area contributed by atoms with E-state index in [0.717, 1.165) is 20.7 Å². The van der Waals surface area contributed by atoms with Crippen LogP contribution >= 0.6 is 0 Å². The molecule has 1 atom stereocenters. The van der Waals surface area contributed by atoms with Crippen molar-refractivity contribution < 1.29 is 53.5 Å². The Morgan fingerprint density at radius 1 is 0.214 bits per heavy atom. The zero-order chi connectivity index (χ0) is 63.1. The van der Waals surface area contributed by atoms with Gasteiger partial charge < -0.3 is 53.5 Å². The fourth-order valence-electron chi connectivity index (χ4n) is 9.11. The van der Waals surface area contributed by atoms with Crippen LogP contribution in [-0.2, 0) is 53.5 Å². The number of benzene rings is 5. The van der Waals surface area contributed by atoms with Crippen molar-refractivity contribution in [3.8, 4) is 0 Å². The molecule has 0 saturated carbocycles. The van der Waals surface area contributed by atoms with Crippen molar-refractivity contribution in [1.82, 2.24) is 0 Å². The predicted octanol–water partition coefficient (Wildman–Crippen LogP) is 8.01. The number of hydrogen-bond donors (Lipinski definition) is 0. The van der Waals surface area contributed by atoms with Crippen molar-refractivity contribution in [1.29, 1.82) is 0 Å². The monoisotopic (exact) mass is 1440 g/mol. The van der Waals surface area contributed by atoms with Crippen LogP contribution < -0.4 is 25.9 Å². The Morgan fingerprint density at radius 3 is 0.619 bits per heavy atom. The first-order chi connectivity index (χ1) is 39.3. The van der Waals surface area contributed by atoms with Gasteiger partial charge in [0.05, 0.1) is 8.31 Å². The van der Waals surface area contributed by atoms with Crippen LogP contribution in [0.2, 0.25) is 157 Å². The SMILES string of the molecule is C[SiH](C)O[Si](O[SiH](C)C)(O[SiH](C)C)c1ccccc1.C[SiH](C)O[Si](O[SiH](C)C)(O[Si](C)(C)O[Si](O[SiH](C)C)(c1ccccc1)[SiH](C)C)c1ccccc1.C[SiH](C)O[Si](O[SiH](C)C)(O[Si](O[SiH](C)C)(O[SiH](C)C)c1ccccc1)c1ccccc1. The van der Waals surface area contributed by atoms with Crippen LogP contribution in [0.1, 0.15) is 0 Å². The van der Waals surface area contributed by atoms with Crippen molar-refractivity contribution >= 4 is 177 Å². The van der Waals surface area contributed by atoms with E-state index in [0.29, 0.717) is 0 Å². The van der Waals surface area contributed by atoms with Crippen LogP contribution in [0.15, 0.2) is 152 Å². The second-order valence-corrected chi connectivity index (χ2v) is 76.6. The van der Waals surface area contributed by atoms with Crippen molar-refractivity contribution in [3.63, 3.8) is 0 Å². The molecule has 0 aliphatic heterocycles. The molecule has 0 aliphatic rings. The van der Waals surface area contributed by atoms with E-state index in [1.54, 1.807) is 0 Å². The average molecular weight is 1440 g/mol. The van der Waals surface area contributed by atoms with Gasteiger partial charge in [-0.05, 0) is 149 Å². The molecule has 5 rings (SSSR count). The van der Waals surface area contributed by atoms with Crippen LogP contribution in [0.4, 0.5) is 0 Å². The summed E-state index contributed by atoms with van der Waals surface area (Å²) in [5.74, 6) is 0. The summed E-state index contributed by atoms with van der Waals surface area (Å²) < 4.78 is 88.0. The maximum absolute atomic E-state index is 7.26. The van der Waals surface area contributed by atoms with Gasteiger partial charge in [0.25, 0.3) is 0 Å². The van der Waals surface area contributed by atoms with Gasteiger partial charge in [-0.25, -0.2) is 0 Å². The minimum Gasteiger partial charge on any atom is -0.439 e. The zero-order valence-electron chi connectivity index (χ0n) is 55.6. The minimum atomic E-state index is -3.27. The predicted molar refractivity (Wildman–Crippen MR) is 398 cm³/mol. The molecule has 84 heavy (non-hydrogen) atoms. The Hall–Kier alpha value is -0.733. The van der Waals surface area contributed by atoms with Gasteiger partial charge in [-0.2, -0.15) is 0 Å². The largest absolute Gasteiger partial charge is 0.508 e. The average Bonchev–Trinajstić information content (AvgIpc) is 1.31. The van der Waals surface area contributed by atoms with Gasteiger partial charge in [-0.1, -0.05) is 165 Å². The first kappa shape index (κ1) is 77.5. The second-order valence-electron chi connectivity index (χ2n) is 24.2. The third-order valence-corrected chi connectivity index (χ3v) is 65.9. The molecule has 470 valence electrons. The molecular formula is C54H108O13Si17. The molecule has 5 aromatic carbocycles. The van der Waals surface area contributed by atoms with Crippen LogP contribution in [0.25, 0.3) is 0 Å². The highest BCUT2D eigenvalue weighted by Gasteiger charge is 2.58. The van der Waals surface area contributed by atoms with Crippen molar-refractivity contribution in [2.24, 2.45) is 0 Å². The first-order valence-corrected chi connectivity index (χ1v) is 73.9. The highest BCUT2D eigenvalue weighted by molar-refractivity contribution is 7.34. The Labute approximate surface area is 534 Å². The third kappa shape index (κ3) is 25.5. The Bertz CT molecular complexity index is 2430. The second kappa shape index (κ2) is 36.9. The molecule has 0 saturated heterocycles. The van der Waals surface area contributed by atoms with E-state index in [1.165, 1.54) is 5.19 Å². The fraction of sp³-hybridized carbons (Fsp3) is 0.444. The molecule has 0 heterocycles. The smallest absolute Gasteiger partial charge is 0.439 e. The molecule has 1 unspecified atom stereocenters. The summed E-state index contributed by atoms with van der Waals surface area (Å²) in [6.45, 7) is 52.7. The molecule has 13 nitrogen and oxygen atoms in total. The van der Waals surface area contributed by atoms with Gasteiger partial charge in [0.15, 0.2) is 90.4 Å². The standard InChI is InChI=1S/C22H44O5Si7.C20H38O5Si6.C12H26O3Si4/c1-28(2)23-33(24-29(3)4,21-17-13-11-14-18-21)26-32(9,10)27-34(31(7)8,25-30(5)6)22-19-15-12-16-20-22;1-26(2)21-30(22-27(3)4,19-15-11-9-12-16-19)25-31(23-28(5)6,24-29(7)8)20-17-13-10-14-18-20;1-16(2)13-19(14-17(3)4,15-18(5)6)12-10-8-7-9-11-12/h11-20,28-31H,1-10H3;9-18,26-29H,1-8H3;7-11,16-18H,1-6H3. The van der Waals surface area contributed by atoms with Gasteiger partial charge in [-0.15, -0.1) is 0 Å².